The summed E-state index contributed by atoms with van der Waals surface area (Å²) in [6, 6.07) is 0. The first kappa shape index (κ1) is 17.7. The van der Waals surface area contributed by atoms with Gasteiger partial charge < -0.3 is 15.3 Å². The summed E-state index contributed by atoms with van der Waals surface area (Å²) in [6.07, 6.45) is 3.30. The third-order valence-electron chi connectivity index (χ3n) is 1.73. The lowest BCUT2D eigenvalue weighted by molar-refractivity contribution is -0.137. The van der Waals surface area contributed by atoms with Crippen molar-refractivity contribution < 1.29 is 20.1 Å². The van der Waals surface area contributed by atoms with Crippen molar-refractivity contribution in [3.05, 3.63) is 0 Å². The molecule has 0 saturated carbocycles. The van der Waals surface area contributed by atoms with Crippen LogP contribution in [-0.4, -0.2) is 33.7 Å². The summed E-state index contributed by atoms with van der Waals surface area (Å²) in [5, 5.41) is 27.5. The Kier molecular flexibility index (Phi) is 13.8. The summed E-state index contributed by atoms with van der Waals surface area (Å²) < 4.78 is 0. The van der Waals surface area contributed by atoms with Crippen LogP contribution in [0.15, 0.2) is 0 Å². The fourth-order valence-electron chi connectivity index (χ4n) is 1.05. The quantitative estimate of drug-likeness (QED) is 0.394. The van der Waals surface area contributed by atoms with Crippen molar-refractivity contribution in [3.8, 4) is 0 Å². The monoisotopic (exact) mass is 235 g/mol. The molecule has 0 aromatic heterocycles. The van der Waals surface area contributed by atoms with E-state index in [1.165, 1.54) is 6.42 Å². The lowest BCUT2D eigenvalue weighted by Gasteiger charge is -2.08. The molecule has 0 aliphatic carbocycles. The van der Waals surface area contributed by atoms with E-state index < -0.39 is 18.4 Å². The zero-order valence-corrected chi connectivity index (χ0v) is 10.4. The van der Waals surface area contributed by atoms with Crippen molar-refractivity contribution in [1.82, 2.24) is 5.32 Å². The van der Waals surface area contributed by atoms with E-state index in [1.54, 1.807) is 13.8 Å². The van der Waals surface area contributed by atoms with E-state index in [9.17, 15) is 4.79 Å². The van der Waals surface area contributed by atoms with Gasteiger partial charge in [0.25, 0.3) is 0 Å². The van der Waals surface area contributed by atoms with E-state index in [2.05, 4.69) is 12.2 Å². The smallest absolute Gasteiger partial charge is 0.303 e. The Hall–Kier alpha value is -0.650. The lowest BCUT2D eigenvalue weighted by Crippen LogP contribution is -2.33. The fourth-order valence-corrected chi connectivity index (χ4v) is 1.05. The molecule has 0 saturated heterocycles. The molecule has 98 valence electrons. The Bertz CT molecular complexity index is 154. The van der Waals surface area contributed by atoms with Gasteiger partial charge in [-0.05, 0) is 20.3 Å². The summed E-state index contributed by atoms with van der Waals surface area (Å²) in [6.45, 7) is 5.21. The minimum Gasteiger partial charge on any atom is -0.481 e. The van der Waals surface area contributed by atoms with Gasteiger partial charge in [-0.2, -0.15) is 0 Å². The van der Waals surface area contributed by atoms with Crippen LogP contribution in [0.2, 0.25) is 0 Å². The van der Waals surface area contributed by atoms with Crippen LogP contribution in [0, 0.1) is 0 Å². The van der Waals surface area contributed by atoms with Gasteiger partial charge >= 0.3 is 5.97 Å². The number of carboxylic acids is 1. The highest BCUT2D eigenvalue weighted by molar-refractivity contribution is 5.66. The first-order valence-electron chi connectivity index (χ1n) is 5.74. The topological polar surface area (TPSA) is 89.8 Å². The maximum absolute atomic E-state index is 9.96. The van der Waals surface area contributed by atoms with Gasteiger partial charge in [0.2, 0.25) is 0 Å². The second kappa shape index (κ2) is 12.4. The highest BCUT2D eigenvalue weighted by Crippen LogP contribution is 2.01. The molecule has 0 aliphatic rings. The molecule has 5 heteroatoms. The summed E-state index contributed by atoms with van der Waals surface area (Å²) in [4.78, 5) is 9.96. The summed E-state index contributed by atoms with van der Waals surface area (Å²) in [5.41, 5.74) is 0. The average Bonchev–Trinajstić information content (AvgIpc) is 2.11. The molecule has 0 aromatic carbocycles. The minimum atomic E-state index is -0.675. The molecule has 0 aromatic rings. The number of carboxylic acid groups (broad SMARTS) is 1. The summed E-state index contributed by atoms with van der Waals surface area (Å²) >= 11 is 0. The number of unbranched alkanes of at least 4 members (excludes halogenated alkanes) is 3. The Morgan fingerprint density at radius 1 is 1.12 bits per heavy atom. The molecule has 0 radical (unpaired) electrons. The van der Waals surface area contributed by atoms with Crippen molar-refractivity contribution in [3.63, 3.8) is 0 Å². The predicted molar refractivity (Wildman–Crippen MR) is 62.9 cm³/mol. The largest absolute Gasteiger partial charge is 0.481 e. The summed E-state index contributed by atoms with van der Waals surface area (Å²) in [5.74, 6) is -0.675. The van der Waals surface area contributed by atoms with Gasteiger partial charge in [-0.25, -0.2) is 0 Å². The van der Waals surface area contributed by atoms with Gasteiger partial charge in [0, 0.05) is 6.42 Å². The number of nitrogens with one attached hydrogen (secondary N) is 1. The molecule has 0 aliphatic heterocycles. The number of aliphatic hydroxyl groups is 2. The third-order valence-corrected chi connectivity index (χ3v) is 1.73. The number of carbonyl (C=O) groups is 1. The Morgan fingerprint density at radius 2 is 1.62 bits per heavy atom. The van der Waals surface area contributed by atoms with E-state index >= 15 is 0 Å². The molecule has 2 atom stereocenters. The van der Waals surface area contributed by atoms with Gasteiger partial charge in [0.05, 0.1) is 0 Å². The van der Waals surface area contributed by atoms with Crippen LogP contribution >= 0.6 is 0 Å². The van der Waals surface area contributed by atoms with Crippen LogP contribution in [0.5, 0.6) is 0 Å². The molecule has 0 fully saturated rings. The first-order valence-corrected chi connectivity index (χ1v) is 5.74. The molecular weight excluding hydrogens is 210 g/mol. The van der Waals surface area contributed by atoms with Gasteiger partial charge in [0.15, 0.2) is 0 Å². The molecule has 2 unspecified atom stereocenters. The Morgan fingerprint density at radius 3 is 1.88 bits per heavy atom. The number of rotatable bonds is 7. The number of aliphatic carboxylic acids is 1. The Labute approximate surface area is 97.5 Å². The maximum Gasteiger partial charge on any atom is 0.303 e. The number of hydrogen-bond acceptors (Lipinski definition) is 4. The number of hydrogen-bond donors (Lipinski definition) is 4. The minimum absolute atomic E-state index is 0.333. The van der Waals surface area contributed by atoms with Crippen molar-refractivity contribution in [2.24, 2.45) is 0 Å². The molecule has 16 heavy (non-hydrogen) atoms. The molecule has 0 amide bonds. The standard InChI is InChI=1S/C7H14O2.C4H11NO2/c1-2-3-4-5-6-7(8)9;1-3(6)5-4(2)7/h2-6H2,1H3,(H,8,9);3-7H,1-2H3. The predicted octanol–water partition coefficient (Wildman–Crippen LogP) is 1.29. The maximum atomic E-state index is 9.96. The normalized spacial score (nSPS) is 13.6. The van der Waals surface area contributed by atoms with E-state index in [4.69, 9.17) is 15.3 Å². The molecule has 0 spiro atoms. The van der Waals surface area contributed by atoms with Crippen molar-refractivity contribution in [1.29, 1.82) is 0 Å². The second-order valence-corrected chi connectivity index (χ2v) is 3.72. The van der Waals surface area contributed by atoms with Crippen LogP contribution in [0.1, 0.15) is 52.9 Å². The van der Waals surface area contributed by atoms with E-state index in [1.807, 2.05) is 0 Å². The molecule has 0 heterocycles. The highest BCUT2D eigenvalue weighted by Gasteiger charge is 1.95. The molecule has 0 rings (SSSR count). The van der Waals surface area contributed by atoms with E-state index in [-0.39, 0.29) is 0 Å². The van der Waals surface area contributed by atoms with Gasteiger partial charge in [-0.1, -0.05) is 26.2 Å². The van der Waals surface area contributed by atoms with E-state index in [0.717, 1.165) is 19.3 Å². The van der Waals surface area contributed by atoms with Crippen LogP contribution in [0.4, 0.5) is 0 Å². The zero-order chi connectivity index (χ0) is 13.0. The molecular formula is C11H25NO4. The third kappa shape index (κ3) is 23.3. The molecule has 0 bridgehead atoms. The van der Waals surface area contributed by atoms with Crippen molar-refractivity contribution >= 4 is 5.97 Å². The zero-order valence-electron chi connectivity index (χ0n) is 10.4. The molecule has 4 N–H and O–H groups in total. The van der Waals surface area contributed by atoms with Crippen LogP contribution in [-0.2, 0) is 4.79 Å². The highest BCUT2D eigenvalue weighted by atomic mass is 16.4. The van der Waals surface area contributed by atoms with Gasteiger partial charge in [0.1, 0.15) is 12.5 Å². The van der Waals surface area contributed by atoms with Gasteiger partial charge in [-0.3, -0.25) is 10.1 Å². The van der Waals surface area contributed by atoms with E-state index in [0.29, 0.717) is 6.42 Å². The summed E-state index contributed by atoms with van der Waals surface area (Å²) in [7, 11) is 0. The lowest BCUT2D eigenvalue weighted by atomic mass is 10.2. The fraction of sp³-hybridized carbons (Fsp3) is 0.909. The first-order chi connectivity index (χ1) is 7.40. The molecule has 5 nitrogen and oxygen atoms in total. The second-order valence-electron chi connectivity index (χ2n) is 3.72. The van der Waals surface area contributed by atoms with Crippen LogP contribution in [0.3, 0.4) is 0 Å². The Balaban J connectivity index is 0. The van der Waals surface area contributed by atoms with Crippen molar-refractivity contribution in [2.75, 3.05) is 0 Å². The van der Waals surface area contributed by atoms with Crippen LogP contribution in [0.25, 0.3) is 0 Å². The van der Waals surface area contributed by atoms with Crippen molar-refractivity contribution in [2.45, 2.75) is 65.3 Å². The van der Waals surface area contributed by atoms with Crippen LogP contribution < -0.4 is 5.32 Å². The SMILES string of the molecule is CC(O)NC(C)O.CCCCCCC(=O)O. The van der Waals surface area contributed by atoms with Gasteiger partial charge in [-0.15, -0.1) is 0 Å². The number of aliphatic hydroxyl groups excluding tert-OH is 2. The average molecular weight is 235 g/mol.